The molecule has 0 aliphatic rings. The number of hydrogen-bond donors (Lipinski definition) is 2. The average molecular weight is 293 g/mol. The summed E-state index contributed by atoms with van der Waals surface area (Å²) in [5.41, 5.74) is 5.79. The van der Waals surface area contributed by atoms with Crippen molar-refractivity contribution < 1.29 is 27.4 Å². The molecule has 1 aromatic rings. The van der Waals surface area contributed by atoms with E-state index in [0.717, 1.165) is 0 Å². The van der Waals surface area contributed by atoms with Gasteiger partial charge in [0.15, 0.2) is 6.61 Å². The van der Waals surface area contributed by atoms with E-state index < -0.39 is 24.7 Å². The van der Waals surface area contributed by atoms with E-state index in [2.05, 4.69) is 15.0 Å². The molecule has 0 saturated heterocycles. The smallest absolute Gasteiger partial charge is 0.422 e. The maximum atomic E-state index is 11.9. The van der Waals surface area contributed by atoms with Gasteiger partial charge in [-0.25, -0.2) is 4.98 Å². The van der Waals surface area contributed by atoms with Crippen LogP contribution in [0.4, 0.5) is 18.9 Å². The number of nitrogens with two attached hydrogens (primary N) is 1. The molecule has 0 aliphatic heterocycles. The number of carbonyl (C=O) groups excluding carboxylic acids is 1. The Hall–Kier alpha value is -1.87. The molecule has 112 valence electrons. The van der Waals surface area contributed by atoms with Crippen LogP contribution in [0.5, 0.6) is 5.88 Å². The van der Waals surface area contributed by atoms with Crippen molar-refractivity contribution in [1.29, 1.82) is 0 Å². The van der Waals surface area contributed by atoms with Gasteiger partial charge in [0.25, 0.3) is 0 Å². The number of rotatable bonds is 6. The number of nitrogens with one attached hydrogen (secondary N) is 1. The lowest BCUT2D eigenvalue weighted by Gasteiger charge is -2.11. The molecule has 1 amide bonds. The predicted octanol–water partition coefficient (Wildman–Crippen LogP) is 0.935. The molecule has 1 unspecified atom stereocenters. The molecule has 1 atom stereocenters. The molecule has 9 heteroatoms. The molecule has 0 saturated carbocycles. The van der Waals surface area contributed by atoms with Crippen LogP contribution in [0.25, 0.3) is 0 Å². The summed E-state index contributed by atoms with van der Waals surface area (Å²) in [5.74, 6) is -0.681. The third-order valence-corrected chi connectivity index (χ3v) is 2.07. The van der Waals surface area contributed by atoms with Crippen LogP contribution in [-0.4, -0.2) is 43.4 Å². The fraction of sp³-hybridized carbons (Fsp3) is 0.455. The summed E-state index contributed by atoms with van der Waals surface area (Å²) in [5, 5.41) is 2.44. The quantitative estimate of drug-likeness (QED) is 0.815. The lowest BCUT2D eigenvalue weighted by Crippen LogP contribution is -2.39. The van der Waals surface area contributed by atoms with Gasteiger partial charge in [-0.2, -0.15) is 13.2 Å². The highest BCUT2D eigenvalue weighted by atomic mass is 19.4. The average Bonchev–Trinajstić information content (AvgIpc) is 2.37. The van der Waals surface area contributed by atoms with Gasteiger partial charge in [-0.15, -0.1) is 0 Å². The third-order valence-electron chi connectivity index (χ3n) is 2.07. The summed E-state index contributed by atoms with van der Waals surface area (Å²) < 4.78 is 44.9. The van der Waals surface area contributed by atoms with Gasteiger partial charge >= 0.3 is 6.18 Å². The number of halogens is 3. The number of pyridine rings is 1. The Labute approximate surface area is 113 Å². The Morgan fingerprint density at radius 1 is 1.50 bits per heavy atom. The van der Waals surface area contributed by atoms with Crippen LogP contribution in [0.2, 0.25) is 0 Å². The molecule has 1 rings (SSSR count). The van der Waals surface area contributed by atoms with Crippen LogP contribution in [-0.2, 0) is 9.53 Å². The number of nitrogens with zero attached hydrogens (tertiary/aromatic N) is 1. The van der Waals surface area contributed by atoms with Crippen LogP contribution < -0.4 is 15.8 Å². The van der Waals surface area contributed by atoms with Gasteiger partial charge in [-0.3, -0.25) is 4.79 Å². The molecule has 20 heavy (non-hydrogen) atoms. The fourth-order valence-electron chi connectivity index (χ4n) is 1.19. The Kier molecular flexibility index (Phi) is 5.71. The third kappa shape index (κ3) is 5.85. The van der Waals surface area contributed by atoms with Crippen molar-refractivity contribution in [2.75, 3.05) is 25.6 Å². The van der Waals surface area contributed by atoms with Gasteiger partial charge in [0.1, 0.15) is 6.04 Å². The molecule has 0 aliphatic carbocycles. The number of amides is 1. The zero-order chi connectivity index (χ0) is 15.2. The first-order chi connectivity index (χ1) is 9.31. The van der Waals surface area contributed by atoms with Crippen molar-refractivity contribution >= 4 is 11.6 Å². The minimum absolute atomic E-state index is 0.0477. The first kappa shape index (κ1) is 16.2. The van der Waals surface area contributed by atoms with Crippen molar-refractivity contribution in [2.45, 2.75) is 12.2 Å². The molecular formula is C11H14F3N3O3. The Bertz CT molecular complexity index is 437. The van der Waals surface area contributed by atoms with Crippen molar-refractivity contribution in [3.63, 3.8) is 0 Å². The molecule has 0 aromatic carbocycles. The number of ether oxygens (including phenoxy) is 2. The van der Waals surface area contributed by atoms with Gasteiger partial charge in [0.05, 0.1) is 18.5 Å². The maximum Gasteiger partial charge on any atom is 0.422 e. The Balaban J connectivity index is 2.52. The van der Waals surface area contributed by atoms with Gasteiger partial charge in [0, 0.05) is 13.2 Å². The fourth-order valence-corrected chi connectivity index (χ4v) is 1.19. The zero-order valence-electron chi connectivity index (χ0n) is 10.6. The SMILES string of the molecule is COCC(N)C(=O)Nc1ccc(OCC(F)(F)F)nc1. The largest absolute Gasteiger partial charge is 0.468 e. The number of aromatic nitrogens is 1. The van der Waals surface area contributed by atoms with Crippen LogP contribution in [0, 0.1) is 0 Å². The van der Waals surface area contributed by atoms with Crippen molar-refractivity contribution in [3.8, 4) is 5.88 Å². The lowest BCUT2D eigenvalue weighted by molar-refractivity contribution is -0.154. The minimum atomic E-state index is -4.43. The minimum Gasteiger partial charge on any atom is -0.468 e. The predicted molar refractivity (Wildman–Crippen MR) is 64.3 cm³/mol. The van der Waals surface area contributed by atoms with E-state index in [-0.39, 0.29) is 12.5 Å². The second-order valence-electron chi connectivity index (χ2n) is 3.84. The van der Waals surface area contributed by atoms with Gasteiger partial charge in [-0.1, -0.05) is 0 Å². The van der Waals surface area contributed by atoms with E-state index in [9.17, 15) is 18.0 Å². The number of methoxy groups -OCH3 is 1. The second-order valence-corrected chi connectivity index (χ2v) is 3.84. The van der Waals surface area contributed by atoms with E-state index in [4.69, 9.17) is 10.5 Å². The van der Waals surface area contributed by atoms with Crippen LogP contribution >= 0.6 is 0 Å². The highest BCUT2D eigenvalue weighted by Gasteiger charge is 2.28. The molecule has 0 bridgehead atoms. The molecule has 1 heterocycles. The summed E-state index contributed by atoms with van der Waals surface area (Å²) >= 11 is 0. The number of carbonyl (C=O) groups is 1. The van der Waals surface area contributed by atoms with Crippen LogP contribution in [0.15, 0.2) is 18.3 Å². The molecule has 6 nitrogen and oxygen atoms in total. The molecule has 0 radical (unpaired) electrons. The lowest BCUT2D eigenvalue weighted by atomic mass is 10.3. The first-order valence-corrected chi connectivity index (χ1v) is 5.53. The number of hydrogen-bond acceptors (Lipinski definition) is 5. The van der Waals surface area contributed by atoms with E-state index >= 15 is 0 Å². The van der Waals surface area contributed by atoms with E-state index in [1.54, 1.807) is 0 Å². The summed E-state index contributed by atoms with van der Waals surface area (Å²) in [6, 6.07) is 1.72. The van der Waals surface area contributed by atoms with Gasteiger partial charge in [-0.05, 0) is 6.07 Å². The number of alkyl halides is 3. The highest BCUT2D eigenvalue weighted by molar-refractivity contribution is 5.94. The van der Waals surface area contributed by atoms with Crippen molar-refractivity contribution in [2.24, 2.45) is 5.73 Å². The summed E-state index contributed by atoms with van der Waals surface area (Å²) in [4.78, 5) is 15.2. The molecular weight excluding hydrogens is 279 g/mol. The van der Waals surface area contributed by atoms with E-state index in [1.165, 1.54) is 25.4 Å². The second kappa shape index (κ2) is 7.06. The first-order valence-electron chi connectivity index (χ1n) is 5.53. The summed E-state index contributed by atoms with van der Waals surface area (Å²) in [6.07, 6.45) is -3.26. The normalized spacial score (nSPS) is 12.8. The standard InChI is InChI=1S/C11H14F3N3O3/c1-19-5-8(15)10(18)17-7-2-3-9(16-4-7)20-6-11(12,13)14/h2-4,8H,5-6,15H2,1H3,(H,17,18). The van der Waals surface area contributed by atoms with Crippen LogP contribution in [0.1, 0.15) is 0 Å². The van der Waals surface area contributed by atoms with Gasteiger partial charge in [0.2, 0.25) is 11.8 Å². The van der Waals surface area contributed by atoms with E-state index in [0.29, 0.717) is 5.69 Å². The molecule has 1 aromatic heterocycles. The number of anilines is 1. The summed E-state index contributed by atoms with van der Waals surface area (Å²) in [6.45, 7) is -1.38. The van der Waals surface area contributed by atoms with Gasteiger partial charge < -0.3 is 20.5 Å². The zero-order valence-corrected chi connectivity index (χ0v) is 10.6. The van der Waals surface area contributed by atoms with Crippen molar-refractivity contribution in [3.05, 3.63) is 18.3 Å². The van der Waals surface area contributed by atoms with E-state index in [1.807, 2.05) is 0 Å². The highest BCUT2D eigenvalue weighted by Crippen LogP contribution is 2.18. The molecule has 0 spiro atoms. The Morgan fingerprint density at radius 2 is 2.20 bits per heavy atom. The topological polar surface area (TPSA) is 86.5 Å². The summed E-state index contributed by atoms with van der Waals surface area (Å²) in [7, 11) is 1.40. The van der Waals surface area contributed by atoms with Crippen molar-refractivity contribution in [1.82, 2.24) is 4.98 Å². The molecule has 3 N–H and O–H groups in total. The monoisotopic (exact) mass is 293 g/mol. The maximum absolute atomic E-state index is 11.9. The van der Waals surface area contributed by atoms with Crippen LogP contribution in [0.3, 0.4) is 0 Å². The molecule has 0 fully saturated rings. The Morgan fingerprint density at radius 3 is 2.70 bits per heavy atom.